The van der Waals surface area contributed by atoms with Crippen LogP contribution in [0.3, 0.4) is 0 Å². The number of rotatable bonds is 6. The summed E-state index contributed by atoms with van der Waals surface area (Å²) in [6.07, 6.45) is 0.965. The highest BCUT2D eigenvalue weighted by atomic mass is 16.6. The lowest BCUT2D eigenvalue weighted by atomic mass is 10.3. The second kappa shape index (κ2) is 5.57. The fourth-order valence-electron chi connectivity index (χ4n) is 1.37. The molecule has 19 heavy (non-hydrogen) atoms. The average Bonchev–Trinajstić information content (AvgIpc) is 2.25. The number of hydrogen-bond acceptors (Lipinski definition) is 8. The predicted molar refractivity (Wildman–Crippen MR) is 63.7 cm³/mol. The van der Waals surface area contributed by atoms with Crippen molar-refractivity contribution in [1.82, 2.24) is 9.97 Å². The molecular formula is C8H11N7O4. The molecule has 2 amide bonds. The zero-order valence-electron chi connectivity index (χ0n) is 9.65. The largest absolute Gasteiger partial charge is 0.378 e. The number of nitro groups is 1. The molecule has 0 radical (unpaired) electrons. The van der Waals surface area contributed by atoms with Gasteiger partial charge in [-0.3, -0.25) is 19.7 Å². The highest BCUT2D eigenvalue weighted by molar-refractivity contribution is 5.86. The van der Waals surface area contributed by atoms with Gasteiger partial charge in [0.05, 0.1) is 18.0 Å². The lowest BCUT2D eigenvalue weighted by Crippen LogP contribution is -2.40. The van der Waals surface area contributed by atoms with Crippen molar-refractivity contribution >= 4 is 29.1 Å². The van der Waals surface area contributed by atoms with Crippen molar-refractivity contribution in [2.45, 2.75) is 0 Å². The lowest BCUT2D eigenvalue weighted by Gasteiger charge is -2.19. The van der Waals surface area contributed by atoms with Crippen LogP contribution in [0.2, 0.25) is 0 Å². The quantitative estimate of drug-likeness (QED) is 0.381. The molecule has 1 heterocycles. The molecule has 11 nitrogen and oxygen atoms in total. The molecule has 0 aliphatic rings. The third-order valence-electron chi connectivity index (χ3n) is 2.01. The van der Waals surface area contributed by atoms with Gasteiger partial charge in [0.25, 0.3) is 0 Å². The molecule has 0 aliphatic heterocycles. The van der Waals surface area contributed by atoms with Gasteiger partial charge in [-0.2, -0.15) is 0 Å². The lowest BCUT2D eigenvalue weighted by molar-refractivity contribution is -0.383. The van der Waals surface area contributed by atoms with Crippen LogP contribution in [0.15, 0.2) is 6.33 Å². The van der Waals surface area contributed by atoms with Crippen LogP contribution in [0, 0.1) is 10.1 Å². The maximum Gasteiger partial charge on any atom is 0.353 e. The van der Waals surface area contributed by atoms with Crippen molar-refractivity contribution in [3.05, 3.63) is 16.4 Å². The first-order valence-corrected chi connectivity index (χ1v) is 4.89. The number of aromatic nitrogens is 2. The third kappa shape index (κ3) is 3.49. The van der Waals surface area contributed by atoms with Crippen LogP contribution in [0.25, 0.3) is 0 Å². The molecule has 11 heteroatoms. The van der Waals surface area contributed by atoms with E-state index in [1.165, 1.54) is 0 Å². The zero-order chi connectivity index (χ0) is 14.6. The van der Waals surface area contributed by atoms with E-state index in [2.05, 4.69) is 9.97 Å². The first kappa shape index (κ1) is 14.1. The van der Waals surface area contributed by atoms with Gasteiger partial charge in [0.1, 0.15) is 6.33 Å². The summed E-state index contributed by atoms with van der Waals surface area (Å²) >= 11 is 0. The molecule has 102 valence electrons. The van der Waals surface area contributed by atoms with Crippen LogP contribution >= 0.6 is 0 Å². The number of nitrogens with two attached hydrogens (primary N) is 3. The van der Waals surface area contributed by atoms with Crippen LogP contribution in [0.4, 0.5) is 17.3 Å². The summed E-state index contributed by atoms with van der Waals surface area (Å²) in [5.74, 6) is -2.32. The zero-order valence-corrected chi connectivity index (χ0v) is 9.65. The van der Waals surface area contributed by atoms with Gasteiger partial charge in [0.2, 0.25) is 23.5 Å². The summed E-state index contributed by atoms with van der Waals surface area (Å²) in [4.78, 5) is 40.0. The maximum absolute atomic E-state index is 10.9. The minimum absolute atomic E-state index is 0.296. The van der Waals surface area contributed by atoms with Gasteiger partial charge < -0.3 is 22.1 Å². The minimum atomic E-state index is -0.820. The van der Waals surface area contributed by atoms with Crippen LogP contribution in [0.1, 0.15) is 0 Å². The second-order valence-corrected chi connectivity index (χ2v) is 3.48. The summed E-state index contributed by atoms with van der Waals surface area (Å²) in [5.41, 5.74) is 14.7. The predicted octanol–water partition coefficient (Wildman–Crippen LogP) is -2.26. The Balaban J connectivity index is 3.28. The summed E-state index contributed by atoms with van der Waals surface area (Å²) in [5, 5.41) is 10.9. The Morgan fingerprint density at radius 3 is 2.21 bits per heavy atom. The van der Waals surface area contributed by atoms with E-state index in [9.17, 15) is 19.7 Å². The van der Waals surface area contributed by atoms with Gasteiger partial charge in [0, 0.05) is 0 Å². The number of hydrogen-bond donors (Lipinski definition) is 3. The molecule has 6 N–H and O–H groups in total. The Morgan fingerprint density at radius 1 is 1.26 bits per heavy atom. The molecule has 0 spiro atoms. The van der Waals surface area contributed by atoms with E-state index in [0.29, 0.717) is 0 Å². The van der Waals surface area contributed by atoms with Gasteiger partial charge in [0.15, 0.2) is 0 Å². The molecule has 0 saturated carbocycles. The molecule has 0 aliphatic carbocycles. The first-order chi connectivity index (χ1) is 8.82. The summed E-state index contributed by atoms with van der Waals surface area (Å²) in [6.45, 7) is -0.944. The number of carbonyl (C=O) groups excluding carboxylic acids is 2. The van der Waals surface area contributed by atoms with E-state index in [4.69, 9.17) is 17.2 Å². The Kier molecular flexibility index (Phi) is 4.13. The topological polar surface area (TPSA) is 184 Å². The molecule has 0 saturated heterocycles. The molecule has 0 fully saturated rings. The van der Waals surface area contributed by atoms with Crippen LogP contribution < -0.4 is 22.1 Å². The number of primary amides is 2. The fraction of sp³-hybridized carbons (Fsp3) is 0.250. The molecule has 0 atom stereocenters. The van der Waals surface area contributed by atoms with Crippen molar-refractivity contribution in [3.63, 3.8) is 0 Å². The van der Waals surface area contributed by atoms with Crippen molar-refractivity contribution in [3.8, 4) is 0 Å². The molecule has 1 rings (SSSR count). The van der Waals surface area contributed by atoms with Gasteiger partial charge in [-0.05, 0) is 0 Å². The van der Waals surface area contributed by atoms with E-state index in [-0.39, 0.29) is 5.82 Å². The average molecular weight is 269 g/mol. The number of carbonyl (C=O) groups is 2. The Bertz CT molecular complexity index is 516. The van der Waals surface area contributed by atoms with Crippen LogP contribution in [0.5, 0.6) is 0 Å². The van der Waals surface area contributed by atoms with Crippen molar-refractivity contribution < 1.29 is 14.5 Å². The molecule has 0 aromatic carbocycles. The summed E-state index contributed by atoms with van der Waals surface area (Å²) < 4.78 is 0. The Labute approximate surface area is 106 Å². The first-order valence-electron chi connectivity index (χ1n) is 4.89. The molecule has 1 aromatic heterocycles. The second-order valence-electron chi connectivity index (χ2n) is 3.48. The Hall–Kier alpha value is -2.98. The number of amides is 2. The molecule has 0 unspecified atom stereocenters. The number of nitrogens with zero attached hydrogens (tertiary/aromatic N) is 4. The smallest absolute Gasteiger partial charge is 0.353 e. The van der Waals surface area contributed by atoms with E-state index in [1.54, 1.807) is 0 Å². The molecule has 1 aromatic rings. The van der Waals surface area contributed by atoms with Gasteiger partial charge >= 0.3 is 5.69 Å². The van der Waals surface area contributed by atoms with Crippen molar-refractivity contribution in [2.75, 3.05) is 23.7 Å². The summed E-state index contributed by atoms with van der Waals surface area (Å²) in [7, 11) is 0. The number of nitrogen functional groups attached to an aromatic ring is 1. The number of anilines is 2. The third-order valence-corrected chi connectivity index (χ3v) is 2.01. The van der Waals surface area contributed by atoms with E-state index in [1.807, 2.05) is 0 Å². The van der Waals surface area contributed by atoms with Gasteiger partial charge in [-0.1, -0.05) is 0 Å². The van der Waals surface area contributed by atoms with Crippen LogP contribution in [-0.2, 0) is 9.59 Å². The molecule has 0 bridgehead atoms. The van der Waals surface area contributed by atoms with Gasteiger partial charge in [-0.15, -0.1) is 0 Å². The highest BCUT2D eigenvalue weighted by Gasteiger charge is 2.27. The monoisotopic (exact) mass is 269 g/mol. The maximum atomic E-state index is 10.9. The SMILES string of the molecule is NC(=O)CN(CC(N)=O)c1ncnc(N)c1[N+](=O)[O-]. The standard InChI is InChI=1S/C8H11N7O4/c9-4(16)1-14(2-5(10)17)8-6(15(18)19)7(11)12-3-13-8/h3H,1-2H2,(H2,9,16)(H2,10,17)(H2,11,12,13). The van der Waals surface area contributed by atoms with Crippen LogP contribution in [-0.4, -0.2) is 39.8 Å². The van der Waals surface area contributed by atoms with Gasteiger partial charge in [-0.25, -0.2) is 9.97 Å². The van der Waals surface area contributed by atoms with Crippen molar-refractivity contribution in [2.24, 2.45) is 11.5 Å². The van der Waals surface area contributed by atoms with E-state index >= 15 is 0 Å². The fourth-order valence-corrected chi connectivity index (χ4v) is 1.37. The van der Waals surface area contributed by atoms with Crippen molar-refractivity contribution in [1.29, 1.82) is 0 Å². The molecular weight excluding hydrogens is 258 g/mol. The Morgan fingerprint density at radius 2 is 1.79 bits per heavy atom. The summed E-state index contributed by atoms with van der Waals surface area (Å²) in [6, 6.07) is 0. The van der Waals surface area contributed by atoms with E-state index in [0.717, 1.165) is 11.2 Å². The normalized spacial score (nSPS) is 9.89. The highest BCUT2D eigenvalue weighted by Crippen LogP contribution is 2.29. The minimum Gasteiger partial charge on any atom is -0.378 e. The van der Waals surface area contributed by atoms with E-state index < -0.39 is 41.3 Å².